The molecule has 0 aromatic rings. The summed E-state index contributed by atoms with van der Waals surface area (Å²) in [6.45, 7) is 10.7. The molecule has 0 saturated heterocycles. The van der Waals surface area contributed by atoms with Gasteiger partial charge in [0.1, 0.15) is 0 Å². The largest absolute Gasteiger partial charge is 0.314 e. The lowest BCUT2D eigenvalue weighted by Gasteiger charge is -2.28. The predicted molar refractivity (Wildman–Crippen MR) is 81.1 cm³/mol. The van der Waals surface area contributed by atoms with E-state index >= 15 is 0 Å². The molecule has 1 aliphatic rings. The van der Waals surface area contributed by atoms with Crippen molar-refractivity contribution < 1.29 is 0 Å². The molecule has 0 heterocycles. The van der Waals surface area contributed by atoms with Crippen LogP contribution < -0.4 is 5.32 Å². The van der Waals surface area contributed by atoms with Gasteiger partial charge in [0.15, 0.2) is 0 Å². The van der Waals surface area contributed by atoms with Gasteiger partial charge in [-0.05, 0) is 58.7 Å². The van der Waals surface area contributed by atoms with Crippen LogP contribution in [0.1, 0.15) is 72.1 Å². The van der Waals surface area contributed by atoms with E-state index in [9.17, 15) is 0 Å². The Bertz CT molecular complexity index is 188. The highest BCUT2D eigenvalue weighted by atomic mass is 15.1. The van der Waals surface area contributed by atoms with Gasteiger partial charge in [0.2, 0.25) is 0 Å². The van der Waals surface area contributed by atoms with Crippen LogP contribution in [0.2, 0.25) is 0 Å². The third-order valence-corrected chi connectivity index (χ3v) is 4.42. The summed E-state index contributed by atoms with van der Waals surface area (Å²) in [4.78, 5) is 2.68. The van der Waals surface area contributed by atoms with E-state index in [1.165, 1.54) is 71.0 Å². The van der Waals surface area contributed by atoms with Crippen molar-refractivity contribution >= 4 is 0 Å². The number of hydrogen-bond acceptors (Lipinski definition) is 2. The number of rotatable bonds is 10. The molecule has 1 unspecified atom stereocenters. The van der Waals surface area contributed by atoms with Crippen LogP contribution in [0.4, 0.5) is 0 Å². The zero-order chi connectivity index (χ0) is 13.2. The second kappa shape index (κ2) is 9.80. The first-order chi connectivity index (χ1) is 8.77. The van der Waals surface area contributed by atoms with E-state index < -0.39 is 0 Å². The van der Waals surface area contributed by atoms with E-state index in [2.05, 4.69) is 31.0 Å². The third-order valence-electron chi connectivity index (χ3n) is 4.42. The SMILES string of the molecule is CCCCN(CCCNC1CCCC1)C(C)CC. The average molecular weight is 254 g/mol. The quantitative estimate of drug-likeness (QED) is 0.596. The molecule has 1 atom stereocenters. The molecular formula is C16H34N2. The second-order valence-electron chi connectivity index (χ2n) is 5.94. The Balaban J connectivity index is 2.11. The Kier molecular flexibility index (Phi) is 8.70. The van der Waals surface area contributed by atoms with Gasteiger partial charge >= 0.3 is 0 Å². The minimum absolute atomic E-state index is 0.753. The molecule has 1 fully saturated rings. The zero-order valence-electron chi connectivity index (χ0n) is 12.9. The molecule has 1 aliphatic carbocycles. The van der Waals surface area contributed by atoms with Gasteiger partial charge in [0.25, 0.3) is 0 Å². The minimum Gasteiger partial charge on any atom is -0.314 e. The van der Waals surface area contributed by atoms with Crippen LogP contribution in [-0.2, 0) is 0 Å². The highest BCUT2D eigenvalue weighted by Crippen LogP contribution is 2.17. The van der Waals surface area contributed by atoms with Crippen molar-refractivity contribution in [2.75, 3.05) is 19.6 Å². The monoisotopic (exact) mass is 254 g/mol. The molecule has 0 spiro atoms. The molecule has 0 bridgehead atoms. The van der Waals surface area contributed by atoms with Gasteiger partial charge in [-0.1, -0.05) is 33.1 Å². The fourth-order valence-electron chi connectivity index (χ4n) is 2.89. The Labute approximate surface area is 115 Å². The van der Waals surface area contributed by atoms with E-state index in [-0.39, 0.29) is 0 Å². The number of nitrogens with zero attached hydrogens (tertiary/aromatic N) is 1. The van der Waals surface area contributed by atoms with Crippen LogP contribution in [-0.4, -0.2) is 36.6 Å². The molecule has 18 heavy (non-hydrogen) atoms. The lowest BCUT2D eigenvalue weighted by molar-refractivity contribution is 0.197. The molecule has 1 saturated carbocycles. The first-order valence-electron chi connectivity index (χ1n) is 8.25. The Hall–Kier alpha value is -0.0800. The van der Waals surface area contributed by atoms with E-state index in [0.29, 0.717) is 0 Å². The molecule has 0 aliphatic heterocycles. The van der Waals surface area contributed by atoms with Crippen molar-refractivity contribution in [1.29, 1.82) is 0 Å². The topological polar surface area (TPSA) is 15.3 Å². The first-order valence-corrected chi connectivity index (χ1v) is 8.25. The molecule has 0 radical (unpaired) electrons. The summed E-state index contributed by atoms with van der Waals surface area (Å²) in [5.41, 5.74) is 0. The van der Waals surface area contributed by atoms with Crippen molar-refractivity contribution in [3.63, 3.8) is 0 Å². The number of nitrogens with one attached hydrogen (secondary N) is 1. The van der Waals surface area contributed by atoms with Crippen molar-refractivity contribution in [1.82, 2.24) is 10.2 Å². The predicted octanol–water partition coefficient (Wildman–Crippen LogP) is 3.81. The Morgan fingerprint density at radius 1 is 1.11 bits per heavy atom. The van der Waals surface area contributed by atoms with Crippen molar-refractivity contribution in [2.24, 2.45) is 0 Å². The van der Waals surface area contributed by atoms with E-state index in [1.54, 1.807) is 0 Å². The fraction of sp³-hybridized carbons (Fsp3) is 1.00. The smallest absolute Gasteiger partial charge is 0.00670 e. The van der Waals surface area contributed by atoms with Gasteiger partial charge < -0.3 is 10.2 Å². The van der Waals surface area contributed by atoms with E-state index in [4.69, 9.17) is 0 Å². The zero-order valence-corrected chi connectivity index (χ0v) is 12.9. The summed E-state index contributed by atoms with van der Waals surface area (Å²) in [5.74, 6) is 0. The molecular weight excluding hydrogens is 220 g/mol. The van der Waals surface area contributed by atoms with E-state index in [1.807, 2.05) is 0 Å². The molecule has 0 aromatic carbocycles. The van der Waals surface area contributed by atoms with Crippen LogP contribution in [0.3, 0.4) is 0 Å². The van der Waals surface area contributed by atoms with Gasteiger partial charge in [-0.15, -0.1) is 0 Å². The minimum atomic E-state index is 0.753. The molecule has 1 rings (SSSR count). The third kappa shape index (κ3) is 6.19. The summed E-state index contributed by atoms with van der Waals surface area (Å²) in [5, 5.41) is 3.72. The fourth-order valence-corrected chi connectivity index (χ4v) is 2.89. The normalized spacial score (nSPS) is 18.7. The Morgan fingerprint density at radius 3 is 2.39 bits per heavy atom. The molecule has 0 aromatic heterocycles. The molecule has 2 heteroatoms. The summed E-state index contributed by atoms with van der Waals surface area (Å²) in [7, 11) is 0. The average Bonchev–Trinajstić information content (AvgIpc) is 2.90. The van der Waals surface area contributed by atoms with Crippen LogP contribution in [0.15, 0.2) is 0 Å². The maximum Gasteiger partial charge on any atom is 0.00670 e. The summed E-state index contributed by atoms with van der Waals surface area (Å²) < 4.78 is 0. The van der Waals surface area contributed by atoms with Gasteiger partial charge in [-0.2, -0.15) is 0 Å². The van der Waals surface area contributed by atoms with Crippen LogP contribution >= 0.6 is 0 Å². The van der Waals surface area contributed by atoms with Gasteiger partial charge in [-0.3, -0.25) is 0 Å². The second-order valence-corrected chi connectivity index (χ2v) is 5.94. The van der Waals surface area contributed by atoms with Gasteiger partial charge in [-0.25, -0.2) is 0 Å². The van der Waals surface area contributed by atoms with Crippen LogP contribution in [0, 0.1) is 0 Å². The molecule has 2 nitrogen and oxygen atoms in total. The molecule has 0 amide bonds. The maximum atomic E-state index is 3.72. The lowest BCUT2D eigenvalue weighted by Crippen LogP contribution is -2.36. The van der Waals surface area contributed by atoms with Crippen molar-refractivity contribution in [2.45, 2.75) is 84.2 Å². The van der Waals surface area contributed by atoms with Gasteiger partial charge in [0.05, 0.1) is 0 Å². The summed E-state index contributed by atoms with van der Waals surface area (Å²) >= 11 is 0. The van der Waals surface area contributed by atoms with Crippen molar-refractivity contribution in [3.8, 4) is 0 Å². The summed E-state index contributed by atoms with van der Waals surface area (Å²) in [6, 6.07) is 1.58. The van der Waals surface area contributed by atoms with E-state index in [0.717, 1.165) is 12.1 Å². The summed E-state index contributed by atoms with van der Waals surface area (Å²) in [6.07, 6.45) is 10.9. The highest BCUT2D eigenvalue weighted by molar-refractivity contribution is 4.74. The van der Waals surface area contributed by atoms with Gasteiger partial charge in [0, 0.05) is 12.1 Å². The molecule has 108 valence electrons. The van der Waals surface area contributed by atoms with Crippen LogP contribution in [0.25, 0.3) is 0 Å². The lowest BCUT2D eigenvalue weighted by atomic mass is 10.2. The Morgan fingerprint density at radius 2 is 1.78 bits per heavy atom. The first kappa shape index (κ1) is 16.0. The maximum absolute atomic E-state index is 3.72. The number of unbranched alkanes of at least 4 members (excludes halogenated alkanes) is 1. The standard InChI is InChI=1S/C16H34N2/c1-4-6-13-18(15(3)5-2)14-9-12-17-16-10-7-8-11-16/h15-17H,4-14H2,1-3H3. The van der Waals surface area contributed by atoms with Crippen molar-refractivity contribution in [3.05, 3.63) is 0 Å². The highest BCUT2D eigenvalue weighted by Gasteiger charge is 2.14. The van der Waals surface area contributed by atoms with Crippen LogP contribution in [0.5, 0.6) is 0 Å². The molecule has 1 N–H and O–H groups in total. The number of hydrogen-bond donors (Lipinski definition) is 1.